The predicted octanol–water partition coefficient (Wildman–Crippen LogP) is 2.92. The Labute approximate surface area is 160 Å². The third-order valence-corrected chi connectivity index (χ3v) is 4.86. The van der Waals surface area contributed by atoms with E-state index in [2.05, 4.69) is 46.5 Å². The maximum absolute atomic E-state index is 12.3. The number of hydrogen-bond donors (Lipinski definition) is 3. The summed E-state index contributed by atoms with van der Waals surface area (Å²) in [5, 5.41) is 4.06. The summed E-state index contributed by atoms with van der Waals surface area (Å²) in [6, 6.07) is 16.2. The number of fused-ring (bicyclic) bond motifs is 1. The molecule has 0 aliphatic rings. The smallest absolute Gasteiger partial charge is 0.251 e. The average molecular weight is 364 g/mol. The summed E-state index contributed by atoms with van der Waals surface area (Å²) in [4.78, 5) is 17.7. The standard InChI is InChI=1S/C22H28N4O/c1-26(13-2-3-17-4-6-18(16-23)7-5-17)14-12-25-22(27)20-8-9-21-19(15-20)10-11-24-21/h4-11,15,24H,2-3,12-14,16,23H2,1H3,(H,25,27). The summed E-state index contributed by atoms with van der Waals surface area (Å²) in [5.74, 6) is -0.0218. The van der Waals surface area contributed by atoms with Crippen molar-refractivity contribution in [3.63, 3.8) is 0 Å². The number of nitrogens with zero attached hydrogens (tertiary/aromatic N) is 1. The van der Waals surface area contributed by atoms with E-state index in [1.54, 1.807) is 0 Å². The Morgan fingerprint density at radius 1 is 1.07 bits per heavy atom. The summed E-state index contributed by atoms with van der Waals surface area (Å²) >= 11 is 0. The second-order valence-electron chi connectivity index (χ2n) is 6.96. The lowest BCUT2D eigenvalue weighted by Gasteiger charge is -2.17. The van der Waals surface area contributed by atoms with Gasteiger partial charge in [-0.05, 0) is 61.8 Å². The molecule has 1 aromatic heterocycles. The normalized spacial score (nSPS) is 11.2. The number of amides is 1. The van der Waals surface area contributed by atoms with Crippen molar-refractivity contribution in [2.45, 2.75) is 19.4 Å². The molecule has 0 aliphatic carbocycles. The van der Waals surface area contributed by atoms with Crippen LogP contribution < -0.4 is 11.1 Å². The van der Waals surface area contributed by atoms with Crippen molar-refractivity contribution in [1.82, 2.24) is 15.2 Å². The lowest BCUT2D eigenvalue weighted by molar-refractivity contribution is 0.0950. The zero-order valence-corrected chi connectivity index (χ0v) is 15.9. The van der Waals surface area contributed by atoms with Gasteiger partial charge in [-0.3, -0.25) is 4.79 Å². The fraction of sp³-hybridized carbons (Fsp3) is 0.318. The number of hydrogen-bond acceptors (Lipinski definition) is 3. The van der Waals surface area contributed by atoms with Gasteiger partial charge in [0.1, 0.15) is 0 Å². The summed E-state index contributed by atoms with van der Waals surface area (Å²) in [6.07, 6.45) is 4.03. The molecule has 2 aromatic carbocycles. The number of nitrogens with two attached hydrogens (primary N) is 1. The Balaban J connectivity index is 1.35. The number of nitrogens with one attached hydrogen (secondary N) is 2. The first-order valence-corrected chi connectivity index (χ1v) is 9.47. The van der Waals surface area contributed by atoms with Gasteiger partial charge < -0.3 is 20.9 Å². The highest BCUT2D eigenvalue weighted by molar-refractivity contribution is 5.98. The van der Waals surface area contributed by atoms with Crippen molar-refractivity contribution < 1.29 is 4.79 Å². The van der Waals surface area contributed by atoms with Gasteiger partial charge in [0.15, 0.2) is 0 Å². The maximum Gasteiger partial charge on any atom is 0.251 e. The van der Waals surface area contributed by atoms with Crippen LogP contribution in [0.5, 0.6) is 0 Å². The van der Waals surface area contributed by atoms with Gasteiger partial charge in [-0.25, -0.2) is 0 Å². The Kier molecular flexibility index (Phi) is 6.63. The fourth-order valence-corrected chi connectivity index (χ4v) is 3.16. The minimum Gasteiger partial charge on any atom is -0.361 e. The van der Waals surface area contributed by atoms with Crippen molar-refractivity contribution >= 4 is 16.8 Å². The van der Waals surface area contributed by atoms with Crippen LogP contribution in [0.25, 0.3) is 10.9 Å². The van der Waals surface area contributed by atoms with E-state index in [-0.39, 0.29) is 5.91 Å². The van der Waals surface area contributed by atoms with Gasteiger partial charge in [-0.1, -0.05) is 24.3 Å². The number of carbonyl (C=O) groups is 1. The van der Waals surface area contributed by atoms with Crippen LogP contribution in [0.1, 0.15) is 27.9 Å². The lowest BCUT2D eigenvalue weighted by Crippen LogP contribution is -2.33. The van der Waals surface area contributed by atoms with Crippen molar-refractivity contribution in [2.75, 3.05) is 26.7 Å². The van der Waals surface area contributed by atoms with E-state index in [0.717, 1.165) is 36.8 Å². The summed E-state index contributed by atoms with van der Waals surface area (Å²) < 4.78 is 0. The molecular weight excluding hydrogens is 336 g/mol. The van der Waals surface area contributed by atoms with E-state index in [9.17, 15) is 4.79 Å². The van der Waals surface area contributed by atoms with Crippen molar-refractivity contribution in [3.05, 3.63) is 71.4 Å². The average Bonchev–Trinajstić information content (AvgIpc) is 3.16. The first-order valence-electron chi connectivity index (χ1n) is 9.47. The molecule has 0 saturated heterocycles. The Morgan fingerprint density at radius 3 is 2.63 bits per heavy atom. The van der Waals surface area contributed by atoms with Crippen LogP contribution in [0.4, 0.5) is 0 Å². The maximum atomic E-state index is 12.3. The molecule has 0 atom stereocenters. The first kappa shape index (κ1) is 19.1. The minimum absolute atomic E-state index is 0.0218. The number of aryl methyl sites for hydroxylation is 1. The number of rotatable bonds is 9. The van der Waals surface area contributed by atoms with Gasteiger partial charge >= 0.3 is 0 Å². The van der Waals surface area contributed by atoms with Crippen LogP contribution in [-0.2, 0) is 13.0 Å². The third-order valence-electron chi connectivity index (χ3n) is 4.86. The first-order chi connectivity index (χ1) is 13.2. The molecule has 0 saturated carbocycles. The number of H-pyrrole nitrogens is 1. The SMILES string of the molecule is CN(CCCc1ccc(CN)cc1)CCNC(=O)c1ccc2[nH]ccc2c1. The molecule has 0 bridgehead atoms. The van der Waals surface area contributed by atoms with E-state index >= 15 is 0 Å². The summed E-state index contributed by atoms with van der Waals surface area (Å²) in [5.41, 5.74) is 9.88. The Morgan fingerprint density at radius 2 is 1.85 bits per heavy atom. The molecule has 1 amide bonds. The van der Waals surface area contributed by atoms with Gasteiger partial charge in [-0.15, -0.1) is 0 Å². The van der Waals surface area contributed by atoms with Crippen LogP contribution in [0.3, 0.4) is 0 Å². The van der Waals surface area contributed by atoms with Crippen LogP contribution in [-0.4, -0.2) is 42.5 Å². The quantitative estimate of drug-likeness (QED) is 0.546. The van der Waals surface area contributed by atoms with Gasteiger partial charge in [0.25, 0.3) is 5.91 Å². The molecule has 0 aliphatic heterocycles. The minimum atomic E-state index is -0.0218. The number of aromatic nitrogens is 1. The van der Waals surface area contributed by atoms with E-state index in [1.807, 2.05) is 30.5 Å². The van der Waals surface area contributed by atoms with E-state index in [1.165, 1.54) is 11.1 Å². The van der Waals surface area contributed by atoms with E-state index < -0.39 is 0 Å². The molecule has 5 nitrogen and oxygen atoms in total. The zero-order valence-electron chi connectivity index (χ0n) is 15.9. The topological polar surface area (TPSA) is 74.2 Å². The molecule has 0 spiro atoms. The molecular formula is C22H28N4O. The highest BCUT2D eigenvalue weighted by Gasteiger charge is 2.07. The second kappa shape index (κ2) is 9.35. The molecule has 1 heterocycles. The molecule has 5 heteroatoms. The van der Waals surface area contributed by atoms with Crippen molar-refractivity contribution in [3.8, 4) is 0 Å². The number of carbonyl (C=O) groups excluding carboxylic acids is 1. The highest BCUT2D eigenvalue weighted by atomic mass is 16.1. The molecule has 0 unspecified atom stereocenters. The zero-order chi connectivity index (χ0) is 19.1. The predicted molar refractivity (Wildman–Crippen MR) is 111 cm³/mol. The van der Waals surface area contributed by atoms with Crippen LogP contribution in [0.15, 0.2) is 54.7 Å². The molecule has 0 radical (unpaired) electrons. The van der Waals surface area contributed by atoms with Crippen LogP contribution in [0.2, 0.25) is 0 Å². The van der Waals surface area contributed by atoms with Crippen LogP contribution in [0, 0.1) is 0 Å². The second-order valence-corrected chi connectivity index (χ2v) is 6.96. The summed E-state index contributed by atoms with van der Waals surface area (Å²) in [6.45, 7) is 3.08. The van der Waals surface area contributed by atoms with Crippen molar-refractivity contribution in [2.24, 2.45) is 5.73 Å². The molecule has 4 N–H and O–H groups in total. The van der Waals surface area contributed by atoms with E-state index in [4.69, 9.17) is 5.73 Å². The fourth-order valence-electron chi connectivity index (χ4n) is 3.16. The largest absolute Gasteiger partial charge is 0.361 e. The Hall–Kier alpha value is -2.63. The lowest BCUT2D eigenvalue weighted by atomic mass is 10.1. The molecule has 142 valence electrons. The van der Waals surface area contributed by atoms with Crippen LogP contribution >= 0.6 is 0 Å². The van der Waals surface area contributed by atoms with E-state index in [0.29, 0.717) is 18.7 Å². The molecule has 0 fully saturated rings. The number of aromatic amines is 1. The van der Waals surface area contributed by atoms with Gasteiger partial charge in [0.05, 0.1) is 0 Å². The summed E-state index contributed by atoms with van der Waals surface area (Å²) in [7, 11) is 2.09. The van der Waals surface area contributed by atoms with Gasteiger partial charge in [0.2, 0.25) is 0 Å². The number of benzene rings is 2. The molecule has 27 heavy (non-hydrogen) atoms. The monoisotopic (exact) mass is 364 g/mol. The van der Waals surface area contributed by atoms with Crippen molar-refractivity contribution in [1.29, 1.82) is 0 Å². The molecule has 3 aromatic rings. The van der Waals surface area contributed by atoms with Gasteiger partial charge in [-0.2, -0.15) is 0 Å². The Bertz CT molecular complexity index is 869. The van der Waals surface area contributed by atoms with Gasteiger partial charge in [0, 0.05) is 42.3 Å². The highest BCUT2D eigenvalue weighted by Crippen LogP contribution is 2.14. The number of likely N-dealkylation sites (N-methyl/N-ethyl adjacent to an activating group) is 1. The third kappa shape index (κ3) is 5.42. The molecule has 3 rings (SSSR count).